The van der Waals surface area contributed by atoms with Crippen LogP contribution < -0.4 is 5.32 Å². The van der Waals surface area contributed by atoms with Gasteiger partial charge in [-0.1, -0.05) is 0 Å². The summed E-state index contributed by atoms with van der Waals surface area (Å²) in [5.74, 6) is 0.759. The Kier molecular flexibility index (Phi) is 6.19. The summed E-state index contributed by atoms with van der Waals surface area (Å²) in [6.45, 7) is 6.33. The SMILES string of the molecule is CN1CCCN(CCCNC(=O)c2ccc(-n3cccc3)nc2)CC1. The molecule has 0 spiro atoms. The summed E-state index contributed by atoms with van der Waals surface area (Å²) in [5, 5.41) is 2.99. The molecule has 3 heterocycles. The zero-order chi connectivity index (χ0) is 17.5. The normalized spacial score (nSPS) is 16.5. The molecule has 2 aromatic heterocycles. The van der Waals surface area contributed by atoms with Crippen molar-refractivity contribution >= 4 is 5.91 Å². The third-order valence-electron chi connectivity index (χ3n) is 4.63. The molecular weight excluding hydrogens is 314 g/mol. The van der Waals surface area contributed by atoms with E-state index in [1.54, 1.807) is 6.20 Å². The van der Waals surface area contributed by atoms with E-state index in [-0.39, 0.29) is 5.91 Å². The minimum atomic E-state index is -0.0536. The van der Waals surface area contributed by atoms with Gasteiger partial charge in [0, 0.05) is 38.2 Å². The van der Waals surface area contributed by atoms with Crippen molar-refractivity contribution in [2.75, 3.05) is 46.3 Å². The summed E-state index contributed by atoms with van der Waals surface area (Å²) in [4.78, 5) is 21.4. The highest BCUT2D eigenvalue weighted by Crippen LogP contribution is 2.06. The molecule has 2 aromatic rings. The molecule has 6 nitrogen and oxygen atoms in total. The number of nitrogens with one attached hydrogen (secondary N) is 1. The summed E-state index contributed by atoms with van der Waals surface area (Å²) in [5.41, 5.74) is 0.604. The average molecular weight is 341 g/mol. The van der Waals surface area contributed by atoms with Crippen LogP contribution in [0.4, 0.5) is 0 Å². The standard InChI is InChI=1S/C19H27N5O/c1-22-9-5-11-23(15-14-22)10-4-8-20-19(25)17-6-7-18(21-16-17)24-12-2-3-13-24/h2-3,6-7,12-13,16H,4-5,8-11,14-15H2,1H3,(H,20,25). The topological polar surface area (TPSA) is 53.4 Å². The van der Waals surface area contributed by atoms with Crippen LogP contribution >= 0.6 is 0 Å². The smallest absolute Gasteiger partial charge is 0.252 e. The van der Waals surface area contributed by atoms with Crippen LogP contribution in [0.2, 0.25) is 0 Å². The van der Waals surface area contributed by atoms with Gasteiger partial charge in [0.25, 0.3) is 5.91 Å². The molecule has 6 heteroatoms. The monoisotopic (exact) mass is 341 g/mol. The third kappa shape index (κ3) is 5.14. The highest BCUT2D eigenvalue weighted by molar-refractivity contribution is 5.93. The number of carbonyl (C=O) groups is 1. The lowest BCUT2D eigenvalue weighted by atomic mass is 10.2. The maximum Gasteiger partial charge on any atom is 0.252 e. The van der Waals surface area contributed by atoms with Crippen molar-refractivity contribution < 1.29 is 4.79 Å². The molecule has 0 radical (unpaired) electrons. The highest BCUT2D eigenvalue weighted by atomic mass is 16.1. The first-order valence-corrected chi connectivity index (χ1v) is 9.01. The molecule has 134 valence electrons. The Hall–Kier alpha value is -2.18. The van der Waals surface area contributed by atoms with Gasteiger partial charge in [-0.3, -0.25) is 4.79 Å². The number of rotatable bonds is 6. The molecule has 0 aliphatic carbocycles. The first-order valence-electron chi connectivity index (χ1n) is 9.01. The van der Waals surface area contributed by atoms with E-state index >= 15 is 0 Å². The Labute approximate surface area is 149 Å². The van der Waals surface area contributed by atoms with Crippen molar-refractivity contribution in [3.63, 3.8) is 0 Å². The fourth-order valence-corrected chi connectivity index (χ4v) is 3.09. The quantitative estimate of drug-likeness (QED) is 0.812. The second-order valence-corrected chi connectivity index (χ2v) is 6.60. The molecule has 3 rings (SSSR count). The van der Waals surface area contributed by atoms with Crippen LogP contribution in [0.15, 0.2) is 42.9 Å². The second-order valence-electron chi connectivity index (χ2n) is 6.60. The van der Waals surface area contributed by atoms with E-state index in [2.05, 4.69) is 27.1 Å². The summed E-state index contributed by atoms with van der Waals surface area (Å²) in [6.07, 6.45) is 7.70. The van der Waals surface area contributed by atoms with Crippen LogP contribution in [-0.4, -0.2) is 71.6 Å². The van der Waals surface area contributed by atoms with Crippen molar-refractivity contribution in [1.82, 2.24) is 24.7 Å². The van der Waals surface area contributed by atoms with Crippen molar-refractivity contribution in [2.24, 2.45) is 0 Å². The minimum absolute atomic E-state index is 0.0536. The number of likely N-dealkylation sites (N-methyl/N-ethyl adjacent to an activating group) is 1. The van der Waals surface area contributed by atoms with Crippen LogP contribution in [0.1, 0.15) is 23.2 Å². The van der Waals surface area contributed by atoms with Crippen LogP contribution in [0.5, 0.6) is 0 Å². The number of aromatic nitrogens is 2. The Morgan fingerprint density at radius 2 is 2.00 bits per heavy atom. The van der Waals surface area contributed by atoms with Crippen molar-refractivity contribution in [1.29, 1.82) is 0 Å². The average Bonchev–Trinajstić information content (AvgIpc) is 3.09. The number of hydrogen-bond acceptors (Lipinski definition) is 4. The van der Waals surface area contributed by atoms with Crippen molar-refractivity contribution in [3.05, 3.63) is 48.4 Å². The molecule has 0 atom stereocenters. The van der Waals surface area contributed by atoms with E-state index in [9.17, 15) is 4.79 Å². The Balaban J connectivity index is 1.40. The largest absolute Gasteiger partial charge is 0.352 e. The number of carbonyl (C=O) groups excluding carboxylic acids is 1. The van der Waals surface area contributed by atoms with Crippen LogP contribution in [0.3, 0.4) is 0 Å². The molecule has 1 amide bonds. The first kappa shape index (κ1) is 17.6. The van der Waals surface area contributed by atoms with E-state index in [0.717, 1.165) is 38.4 Å². The Morgan fingerprint density at radius 1 is 1.16 bits per heavy atom. The van der Waals surface area contributed by atoms with Gasteiger partial charge in [0.15, 0.2) is 0 Å². The van der Waals surface area contributed by atoms with Gasteiger partial charge in [-0.25, -0.2) is 4.98 Å². The lowest BCUT2D eigenvalue weighted by Gasteiger charge is -2.19. The summed E-state index contributed by atoms with van der Waals surface area (Å²) < 4.78 is 1.92. The molecule has 1 aliphatic heterocycles. The molecule has 0 saturated carbocycles. The van der Waals surface area contributed by atoms with Gasteiger partial charge in [-0.15, -0.1) is 0 Å². The maximum atomic E-state index is 12.2. The zero-order valence-corrected chi connectivity index (χ0v) is 14.9. The predicted molar refractivity (Wildman–Crippen MR) is 99.1 cm³/mol. The summed E-state index contributed by atoms with van der Waals surface area (Å²) in [7, 11) is 2.18. The maximum absolute atomic E-state index is 12.2. The fourth-order valence-electron chi connectivity index (χ4n) is 3.09. The number of nitrogens with zero attached hydrogens (tertiary/aromatic N) is 4. The van der Waals surface area contributed by atoms with E-state index in [4.69, 9.17) is 0 Å². The molecule has 0 aromatic carbocycles. The lowest BCUT2D eigenvalue weighted by molar-refractivity contribution is 0.0951. The third-order valence-corrected chi connectivity index (χ3v) is 4.63. The highest BCUT2D eigenvalue weighted by Gasteiger charge is 2.12. The molecule has 1 aliphatic rings. The lowest BCUT2D eigenvalue weighted by Crippen LogP contribution is -2.32. The van der Waals surface area contributed by atoms with Crippen molar-refractivity contribution in [2.45, 2.75) is 12.8 Å². The van der Waals surface area contributed by atoms with Crippen LogP contribution in [-0.2, 0) is 0 Å². The van der Waals surface area contributed by atoms with Crippen LogP contribution in [0.25, 0.3) is 5.82 Å². The van der Waals surface area contributed by atoms with Gasteiger partial charge >= 0.3 is 0 Å². The molecule has 0 unspecified atom stereocenters. The molecule has 0 bridgehead atoms. The van der Waals surface area contributed by atoms with Crippen LogP contribution in [0, 0.1) is 0 Å². The van der Waals surface area contributed by atoms with Gasteiger partial charge in [0.05, 0.1) is 5.56 Å². The van der Waals surface area contributed by atoms with Gasteiger partial charge in [0.2, 0.25) is 0 Å². The van der Waals surface area contributed by atoms with E-state index in [0.29, 0.717) is 12.1 Å². The number of amides is 1. The Morgan fingerprint density at radius 3 is 2.76 bits per heavy atom. The minimum Gasteiger partial charge on any atom is -0.352 e. The number of hydrogen-bond donors (Lipinski definition) is 1. The molecular formula is C19H27N5O. The fraction of sp³-hybridized carbons (Fsp3) is 0.474. The zero-order valence-electron chi connectivity index (χ0n) is 14.9. The van der Waals surface area contributed by atoms with E-state index < -0.39 is 0 Å². The predicted octanol–water partition coefficient (Wildman–Crippen LogP) is 1.63. The van der Waals surface area contributed by atoms with Gasteiger partial charge in [0.1, 0.15) is 5.82 Å². The Bertz CT molecular complexity index is 653. The second kappa shape index (κ2) is 8.78. The summed E-state index contributed by atoms with van der Waals surface area (Å²) in [6, 6.07) is 7.58. The molecule has 1 fully saturated rings. The van der Waals surface area contributed by atoms with Gasteiger partial charge < -0.3 is 19.7 Å². The van der Waals surface area contributed by atoms with Crippen molar-refractivity contribution in [3.8, 4) is 5.82 Å². The van der Waals surface area contributed by atoms with E-state index in [1.165, 1.54) is 13.0 Å². The number of pyridine rings is 1. The summed E-state index contributed by atoms with van der Waals surface area (Å²) >= 11 is 0. The first-order chi connectivity index (χ1) is 12.2. The molecule has 1 saturated heterocycles. The molecule has 1 N–H and O–H groups in total. The van der Waals surface area contributed by atoms with Gasteiger partial charge in [-0.05, 0) is 63.8 Å². The van der Waals surface area contributed by atoms with E-state index in [1.807, 2.05) is 41.2 Å². The van der Waals surface area contributed by atoms with Gasteiger partial charge in [-0.2, -0.15) is 0 Å². The molecule has 25 heavy (non-hydrogen) atoms.